The predicted molar refractivity (Wildman–Crippen MR) is 77.6 cm³/mol. The van der Waals surface area contributed by atoms with Crippen molar-refractivity contribution in [2.24, 2.45) is 0 Å². The minimum atomic E-state index is -0.282. The molecule has 1 N–H and O–H groups in total. The van der Waals surface area contributed by atoms with Gasteiger partial charge < -0.3 is 5.32 Å². The second-order valence-corrected chi connectivity index (χ2v) is 5.97. The molecular weight excluding hydrogens is 290 g/mol. The first kappa shape index (κ1) is 13.6. The number of hydrogen-bond acceptors (Lipinski definition) is 1. The molecule has 98 valence electrons. The first-order valence-electron chi connectivity index (χ1n) is 6.73. The summed E-state index contributed by atoms with van der Waals surface area (Å²) in [6, 6.07) is 8.23. The van der Waals surface area contributed by atoms with E-state index in [1.54, 1.807) is 0 Å². The number of halogens is 1. The molecule has 0 aromatic heterocycles. The summed E-state index contributed by atoms with van der Waals surface area (Å²) in [6.07, 6.45) is 5.24. The number of hydrogen-bond donors (Lipinski definition) is 1. The zero-order valence-electron chi connectivity index (χ0n) is 10.8. The normalized spacial score (nSPS) is 17.7. The fourth-order valence-electron chi connectivity index (χ4n) is 2.80. The standard InChI is InChI=1S/C15H20BrNO/c1-2-11-17-14(18)15(9-3-4-10-15)12-5-7-13(16)8-6-12/h5-8H,2-4,9-11H2,1H3,(H,17,18). The summed E-state index contributed by atoms with van der Waals surface area (Å²) in [7, 11) is 0. The fourth-order valence-corrected chi connectivity index (χ4v) is 3.07. The van der Waals surface area contributed by atoms with Crippen molar-refractivity contribution in [1.82, 2.24) is 5.32 Å². The van der Waals surface area contributed by atoms with Crippen molar-refractivity contribution in [2.75, 3.05) is 6.54 Å². The highest BCUT2D eigenvalue weighted by Crippen LogP contribution is 2.41. The van der Waals surface area contributed by atoms with Gasteiger partial charge in [-0.15, -0.1) is 0 Å². The Hall–Kier alpha value is -0.830. The minimum absolute atomic E-state index is 0.212. The fraction of sp³-hybridized carbons (Fsp3) is 0.533. The van der Waals surface area contributed by atoms with E-state index in [0.29, 0.717) is 0 Å². The van der Waals surface area contributed by atoms with E-state index in [4.69, 9.17) is 0 Å². The lowest BCUT2D eigenvalue weighted by atomic mass is 9.78. The molecule has 1 aliphatic rings. The zero-order chi connectivity index (χ0) is 13.0. The van der Waals surface area contributed by atoms with E-state index in [1.807, 2.05) is 12.1 Å². The van der Waals surface area contributed by atoms with Crippen LogP contribution in [-0.4, -0.2) is 12.5 Å². The minimum Gasteiger partial charge on any atom is -0.355 e. The van der Waals surface area contributed by atoms with Crippen LogP contribution in [-0.2, 0) is 10.2 Å². The second-order valence-electron chi connectivity index (χ2n) is 5.05. The molecule has 18 heavy (non-hydrogen) atoms. The number of nitrogens with one attached hydrogen (secondary N) is 1. The molecule has 0 spiro atoms. The lowest BCUT2D eigenvalue weighted by Gasteiger charge is -2.28. The maximum atomic E-state index is 12.5. The molecule has 0 radical (unpaired) electrons. The lowest BCUT2D eigenvalue weighted by molar-refractivity contribution is -0.126. The van der Waals surface area contributed by atoms with E-state index < -0.39 is 0 Å². The summed E-state index contributed by atoms with van der Waals surface area (Å²) in [5.41, 5.74) is 0.882. The smallest absolute Gasteiger partial charge is 0.230 e. The zero-order valence-corrected chi connectivity index (χ0v) is 12.4. The highest BCUT2D eigenvalue weighted by molar-refractivity contribution is 9.10. The molecule has 0 heterocycles. The summed E-state index contributed by atoms with van der Waals surface area (Å²) in [6.45, 7) is 2.86. The molecule has 0 atom stereocenters. The van der Waals surface area contributed by atoms with Gasteiger partial charge in [0.1, 0.15) is 0 Å². The number of rotatable bonds is 4. The maximum absolute atomic E-state index is 12.5. The van der Waals surface area contributed by atoms with E-state index in [0.717, 1.165) is 48.7 Å². The van der Waals surface area contributed by atoms with Crippen molar-refractivity contribution in [3.8, 4) is 0 Å². The molecule has 0 aliphatic heterocycles. The first-order valence-corrected chi connectivity index (χ1v) is 7.53. The summed E-state index contributed by atoms with van der Waals surface area (Å²) in [5, 5.41) is 3.08. The molecule has 3 heteroatoms. The van der Waals surface area contributed by atoms with Crippen molar-refractivity contribution in [1.29, 1.82) is 0 Å². The van der Waals surface area contributed by atoms with Gasteiger partial charge in [0.2, 0.25) is 5.91 Å². The number of benzene rings is 1. The van der Waals surface area contributed by atoms with Crippen LogP contribution in [0.2, 0.25) is 0 Å². The highest BCUT2D eigenvalue weighted by atomic mass is 79.9. The summed E-state index contributed by atoms with van der Waals surface area (Å²) >= 11 is 3.45. The van der Waals surface area contributed by atoms with Gasteiger partial charge in [-0.25, -0.2) is 0 Å². The van der Waals surface area contributed by atoms with Gasteiger partial charge in [0, 0.05) is 11.0 Å². The Morgan fingerprint density at radius 1 is 1.28 bits per heavy atom. The Morgan fingerprint density at radius 3 is 2.44 bits per heavy atom. The van der Waals surface area contributed by atoms with Gasteiger partial charge in [0.05, 0.1) is 5.41 Å². The van der Waals surface area contributed by atoms with Crippen LogP contribution in [0.4, 0.5) is 0 Å². The monoisotopic (exact) mass is 309 g/mol. The van der Waals surface area contributed by atoms with Crippen molar-refractivity contribution in [2.45, 2.75) is 44.4 Å². The van der Waals surface area contributed by atoms with Gasteiger partial charge in [-0.1, -0.05) is 47.8 Å². The lowest BCUT2D eigenvalue weighted by Crippen LogP contribution is -2.42. The predicted octanol–water partition coefficient (Wildman–Crippen LogP) is 3.79. The van der Waals surface area contributed by atoms with Crippen molar-refractivity contribution in [3.05, 3.63) is 34.3 Å². The van der Waals surface area contributed by atoms with Crippen LogP contribution in [0.25, 0.3) is 0 Å². The molecule has 0 unspecified atom stereocenters. The van der Waals surface area contributed by atoms with Gasteiger partial charge in [-0.05, 0) is 37.0 Å². The largest absolute Gasteiger partial charge is 0.355 e. The Bertz CT molecular complexity index is 407. The van der Waals surface area contributed by atoms with Crippen LogP contribution in [0.3, 0.4) is 0 Å². The first-order chi connectivity index (χ1) is 8.69. The van der Waals surface area contributed by atoms with Crippen LogP contribution in [0.5, 0.6) is 0 Å². The van der Waals surface area contributed by atoms with E-state index >= 15 is 0 Å². The Labute approximate surface area is 117 Å². The van der Waals surface area contributed by atoms with E-state index in [-0.39, 0.29) is 11.3 Å². The summed E-state index contributed by atoms with van der Waals surface area (Å²) < 4.78 is 1.06. The molecule has 1 aromatic carbocycles. The molecular formula is C15H20BrNO. The Morgan fingerprint density at radius 2 is 1.89 bits per heavy atom. The number of carbonyl (C=O) groups excluding carboxylic acids is 1. The third kappa shape index (κ3) is 2.61. The maximum Gasteiger partial charge on any atom is 0.230 e. The molecule has 2 rings (SSSR count). The van der Waals surface area contributed by atoms with Gasteiger partial charge in [0.15, 0.2) is 0 Å². The third-order valence-electron chi connectivity index (χ3n) is 3.82. The Balaban J connectivity index is 2.26. The number of amides is 1. The quantitative estimate of drug-likeness (QED) is 0.901. The van der Waals surface area contributed by atoms with Crippen molar-refractivity contribution >= 4 is 21.8 Å². The number of carbonyl (C=O) groups is 1. The van der Waals surface area contributed by atoms with Gasteiger partial charge >= 0.3 is 0 Å². The highest BCUT2D eigenvalue weighted by Gasteiger charge is 2.42. The van der Waals surface area contributed by atoms with Crippen LogP contribution in [0, 0.1) is 0 Å². The second kappa shape index (κ2) is 5.87. The van der Waals surface area contributed by atoms with Crippen LogP contribution < -0.4 is 5.32 Å². The third-order valence-corrected chi connectivity index (χ3v) is 4.35. The van der Waals surface area contributed by atoms with Crippen LogP contribution in [0.1, 0.15) is 44.6 Å². The van der Waals surface area contributed by atoms with Gasteiger partial charge in [-0.2, -0.15) is 0 Å². The topological polar surface area (TPSA) is 29.1 Å². The van der Waals surface area contributed by atoms with Gasteiger partial charge in [0.25, 0.3) is 0 Å². The average molecular weight is 310 g/mol. The average Bonchev–Trinajstić information content (AvgIpc) is 2.87. The van der Waals surface area contributed by atoms with E-state index in [1.165, 1.54) is 0 Å². The van der Waals surface area contributed by atoms with Crippen molar-refractivity contribution < 1.29 is 4.79 Å². The molecule has 0 bridgehead atoms. The van der Waals surface area contributed by atoms with Crippen LogP contribution in [0.15, 0.2) is 28.7 Å². The Kier molecular flexibility index (Phi) is 4.44. The summed E-state index contributed by atoms with van der Waals surface area (Å²) in [4.78, 5) is 12.5. The van der Waals surface area contributed by atoms with Crippen molar-refractivity contribution in [3.63, 3.8) is 0 Å². The van der Waals surface area contributed by atoms with E-state index in [9.17, 15) is 4.79 Å². The molecule has 1 saturated carbocycles. The van der Waals surface area contributed by atoms with Gasteiger partial charge in [-0.3, -0.25) is 4.79 Å². The molecule has 2 nitrogen and oxygen atoms in total. The molecule has 1 fully saturated rings. The molecule has 1 aliphatic carbocycles. The molecule has 0 saturated heterocycles. The van der Waals surface area contributed by atoms with Crippen LogP contribution >= 0.6 is 15.9 Å². The SMILES string of the molecule is CCCNC(=O)C1(c2ccc(Br)cc2)CCCC1. The van der Waals surface area contributed by atoms with E-state index in [2.05, 4.69) is 40.3 Å². The molecule has 1 amide bonds. The molecule has 1 aromatic rings. The summed E-state index contributed by atoms with van der Waals surface area (Å²) in [5.74, 6) is 0.212.